The minimum Gasteiger partial charge on any atom is -0.330 e. The van der Waals surface area contributed by atoms with E-state index in [1.165, 1.54) is 38.8 Å². The summed E-state index contributed by atoms with van der Waals surface area (Å²) in [6, 6.07) is 0.788. The molecule has 0 radical (unpaired) electrons. The Kier molecular flexibility index (Phi) is 3.79. The lowest BCUT2D eigenvalue weighted by Gasteiger charge is -2.41. The largest absolute Gasteiger partial charge is 0.330 e. The van der Waals surface area contributed by atoms with Gasteiger partial charge in [-0.1, -0.05) is 12.8 Å². The third-order valence-corrected chi connectivity index (χ3v) is 3.79. The molecule has 3 heteroatoms. The molecule has 2 rings (SSSR count). The second-order valence-electron chi connectivity index (χ2n) is 4.63. The second kappa shape index (κ2) is 5.10. The zero-order chi connectivity index (χ0) is 9.80. The molecule has 82 valence electrons. The van der Waals surface area contributed by atoms with Crippen molar-refractivity contribution in [1.82, 2.24) is 10.2 Å². The molecular weight excluding hydrogens is 174 g/mol. The van der Waals surface area contributed by atoms with E-state index in [9.17, 15) is 0 Å². The van der Waals surface area contributed by atoms with Gasteiger partial charge >= 0.3 is 0 Å². The average molecular weight is 197 g/mol. The number of nitrogens with zero attached hydrogens (tertiary/aromatic N) is 1. The van der Waals surface area contributed by atoms with Crippen molar-refractivity contribution in [3.63, 3.8) is 0 Å². The smallest absolute Gasteiger partial charge is 0.0137 e. The Morgan fingerprint density at radius 3 is 2.57 bits per heavy atom. The SMILES string of the molecule is NC[C@@H]1CCCC[C@H]1N1CCNCC1. The summed E-state index contributed by atoms with van der Waals surface area (Å²) in [5, 5.41) is 3.41. The summed E-state index contributed by atoms with van der Waals surface area (Å²) >= 11 is 0. The Hall–Kier alpha value is -0.120. The molecule has 14 heavy (non-hydrogen) atoms. The zero-order valence-electron chi connectivity index (χ0n) is 9.04. The Labute approximate surface area is 87.0 Å². The van der Waals surface area contributed by atoms with Crippen LogP contribution in [0.15, 0.2) is 0 Å². The Morgan fingerprint density at radius 1 is 1.14 bits per heavy atom. The fourth-order valence-electron chi connectivity index (χ4n) is 2.96. The minimum atomic E-state index is 0.766. The average Bonchev–Trinajstić information content (AvgIpc) is 2.30. The van der Waals surface area contributed by atoms with Crippen molar-refractivity contribution in [3.05, 3.63) is 0 Å². The molecule has 2 atom stereocenters. The van der Waals surface area contributed by atoms with Gasteiger partial charge in [0.05, 0.1) is 0 Å². The standard InChI is InChI=1S/C11H23N3/c12-9-10-3-1-2-4-11(10)14-7-5-13-6-8-14/h10-11,13H,1-9,12H2/t10-,11+/m0/s1. The first-order valence-corrected chi connectivity index (χ1v) is 6.06. The van der Waals surface area contributed by atoms with Crippen LogP contribution in [-0.2, 0) is 0 Å². The fraction of sp³-hybridized carbons (Fsp3) is 1.00. The van der Waals surface area contributed by atoms with Crippen molar-refractivity contribution in [3.8, 4) is 0 Å². The molecule has 1 aliphatic heterocycles. The van der Waals surface area contributed by atoms with Gasteiger partial charge < -0.3 is 11.1 Å². The first-order valence-electron chi connectivity index (χ1n) is 6.06. The van der Waals surface area contributed by atoms with Gasteiger partial charge in [0.1, 0.15) is 0 Å². The Balaban J connectivity index is 1.91. The number of hydrogen-bond donors (Lipinski definition) is 2. The van der Waals surface area contributed by atoms with Gasteiger partial charge in [0.25, 0.3) is 0 Å². The molecule has 0 amide bonds. The van der Waals surface area contributed by atoms with E-state index >= 15 is 0 Å². The monoisotopic (exact) mass is 197 g/mol. The minimum absolute atomic E-state index is 0.766. The highest BCUT2D eigenvalue weighted by atomic mass is 15.2. The molecule has 2 fully saturated rings. The summed E-state index contributed by atoms with van der Waals surface area (Å²) in [4.78, 5) is 2.66. The van der Waals surface area contributed by atoms with E-state index in [1.54, 1.807) is 0 Å². The van der Waals surface area contributed by atoms with E-state index in [4.69, 9.17) is 5.73 Å². The Morgan fingerprint density at radius 2 is 1.86 bits per heavy atom. The van der Waals surface area contributed by atoms with Crippen LogP contribution in [0.4, 0.5) is 0 Å². The number of nitrogens with two attached hydrogens (primary N) is 1. The van der Waals surface area contributed by atoms with Crippen molar-refractivity contribution in [2.45, 2.75) is 31.7 Å². The summed E-state index contributed by atoms with van der Waals surface area (Å²) in [5.41, 5.74) is 5.86. The lowest BCUT2D eigenvalue weighted by Crippen LogP contribution is -2.52. The summed E-state index contributed by atoms with van der Waals surface area (Å²) in [6.45, 7) is 5.65. The van der Waals surface area contributed by atoms with Crippen LogP contribution in [0.5, 0.6) is 0 Å². The van der Waals surface area contributed by atoms with Crippen LogP contribution >= 0.6 is 0 Å². The molecular formula is C11H23N3. The van der Waals surface area contributed by atoms with Gasteiger partial charge in [-0.25, -0.2) is 0 Å². The number of nitrogens with one attached hydrogen (secondary N) is 1. The van der Waals surface area contributed by atoms with Crippen molar-refractivity contribution in [2.75, 3.05) is 32.7 Å². The van der Waals surface area contributed by atoms with Gasteiger partial charge in [-0.15, -0.1) is 0 Å². The van der Waals surface area contributed by atoms with Crippen LogP contribution in [-0.4, -0.2) is 43.7 Å². The van der Waals surface area contributed by atoms with Crippen LogP contribution in [0.3, 0.4) is 0 Å². The van der Waals surface area contributed by atoms with Crippen molar-refractivity contribution < 1.29 is 0 Å². The quantitative estimate of drug-likeness (QED) is 0.674. The molecule has 3 nitrogen and oxygen atoms in total. The molecule has 0 spiro atoms. The first-order chi connectivity index (χ1) is 6.92. The predicted molar refractivity (Wildman–Crippen MR) is 59.2 cm³/mol. The van der Waals surface area contributed by atoms with Gasteiger partial charge in [0, 0.05) is 32.2 Å². The molecule has 1 aliphatic carbocycles. The van der Waals surface area contributed by atoms with Gasteiger partial charge in [0.2, 0.25) is 0 Å². The van der Waals surface area contributed by atoms with E-state index in [2.05, 4.69) is 10.2 Å². The van der Waals surface area contributed by atoms with Crippen LogP contribution < -0.4 is 11.1 Å². The highest BCUT2D eigenvalue weighted by Gasteiger charge is 2.29. The van der Waals surface area contributed by atoms with Gasteiger partial charge in [-0.2, -0.15) is 0 Å². The van der Waals surface area contributed by atoms with Crippen molar-refractivity contribution in [1.29, 1.82) is 0 Å². The molecule has 0 aromatic carbocycles. The summed E-state index contributed by atoms with van der Waals surface area (Å²) in [6.07, 6.45) is 5.53. The topological polar surface area (TPSA) is 41.3 Å². The molecule has 1 saturated heterocycles. The van der Waals surface area contributed by atoms with Gasteiger partial charge in [-0.05, 0) is 25.3 Å². The highest BCUT2D eigenvalue weighted by molar-refractivity contribution is 4.85. The van der Waals surface area contributed by atoms with E-state index in [-0.39, 0.29) is 0 Å². The molecule has 0 unspecified atom stereocenters. The molecule has 1 heterocycles. The third kappa shape index (κ3) is 2.27. The number of rotatable bonds is 2. The van der Waals surface area contributed by atoms with E-state index in [0.717, 1.165) is 31.6 Å². The van der Waals surface area contributed by atoms with Crippen LogP contribution in [0, 0.1) is 5.92 Å². The summed E-state index contributed by atoms with van der Waals surface area (Å²) < 4.78 is 0. The maximum absolute atomic E-state index is 5.86. The highest BCUT2D eigenvalue weighted by Crippen LogP contribution is 2.27. The van der Waals surface area contributed by atoms with Gasteiger partial charge in [0.15, 0.2) is 0 Å². The molecule has 0 aromatic rings. The maximum Gasteiger partial charge on any atom is 0.0137 e. The normalized spacial score (nSPS) is 35.8. The Bertz CT molecular complexity index is 166. The maximum atomic E-state index is 5.86. The zero-order valence-corrected chi connectivity index (χ0v) is 9.04. The van der Waals surface area contributed by atoms with E-state index in [0.29, 0.717) is 0 Å². The van der Waals surface area contributed by atoms with Gasteiger partial charge in [-0.3, -0.25) is 4.90 Å². The third-order valence-electron chi connectivity index (χ3n) is 3.79. The molecule has 0 aromatic heterocycles. The van der Waals surface area contributed by atoms with E-state index < -0.39 is 0 Å². The lowest BCUT2D eigenvalue weighted by molar-refractivity contribution is 0.0944. The molecule has 3 N–H and O–H groups in total. The van der Waals surface area contributed by atoms with Crippen LogP contribution in [0.25, 0.3) is 0 Å². The number of piperazine rings is 1. The first kappa shape index (κ1) is 10.4. The molecule has 0 bridgehead atoms. The fourth-order valence-corrected chi connectivity index (χ4v) is 2.96. The van der Waals surface area contributed by atoms with Crippen molar-refractivity contribution in [2.24, 2.45) is 11.7 Å². The molecule has 1 saturated carbocycles. The summed E-state index contributed by atoms with van der Waals surface area (Å²) in [7, 11) is 0. The van der Waals surface area contributed by atoms with Crippen LogP contribution in [0.2, 0.25) is 0 Å². The van der Waals surface area contributed by atoms with E-state index in [1.807, 2.05) is 0 Å². The predicted octanol–water partition coefficient (Wildman–Crippen LogP) is 0.409. The van der Waals surface area contributed by atoms with Crippen molar-refractivity contribution >= 4 is 0 Å². The number of hydrogen-bond acceptors (Lipinski definition) is 3. The summed E-state index contributed by atoms with van der Waals surface area (Å²) in [5.74, 6) is 0.766. The second-order valence-corrected chi connectivity index (χ2v) is 4.63. The molecule has 2 aliphatic rings. The van der Waals surface area contributed by atoms with Crippen LogP contribution in [0.1, 0.15) is 25.7 Å². The lowest BCUT2D eigenvalue weighted by atomic mass is 9.83.